The van der Waals surface area contributed by atoms with Gasteiger partial charge < -0.3 is 0 Å². The predicted molar refractivity (Wildman–Crippen MR) is 99.9 cm³/mol. The van der Waals surface area contributed by atoms with Gasteiger partial charge in [0.1, 0.15) is 0 Å². The number of carbonyl (C=O) groups excluding carboxylic acids is 1. The van der Waals surface area contributed by atoms with Crippen LogP contribution in [0.4, 0.5) is 11.4 Å². The molecule has 0 aliphatic carbocycles. The van der Waals surface area contributed by atoms with Gasteiger partial charge >= 0.3 is 0 Å². The van der Waals surface area contributed by atoms with Gasteiger partial charge in [0.25, 0.3) is 11.6 Å². The zero-order chi connectivity index (χ0) is 17.3. The SMILES string of the molecule is Cc1ccc(N2C(=O)/C(=C/c3ccccc3[N+](=O)[O-])SC2=S)cc1. The summed E-state index contributed by atoms with van der Waals surface area (Å²) in [5.41, 5.74) is 2.11. The molecule has 2 aromatic carbocycles. The van der Waals surface area contributed by atoms with Crippen molar-refractivity contribution in [2.24, 2.45) is 0 Å². The van der Waals surface area contributed by atoms with Crippen LogP contribution in [-0.2, 0) is 4.79 Å². The van der Waals surface area contributed by atoms with Crippen molar-refractivity contribution in [2.45, 2.75) is 6.92 Å². The smallest absolute Gasteiger partial charge is 0.268 e. The summed E-state index contributed by atoms with van der Waals surface area (Å²) in [4.78, 5) is 25.1. The Kier molecular flexibility index (Phi) is 4.46. The number of thiocarbonyl (C=S) groups is 1. The van der Waals surface area contributed by atoms with Gasteiger partial charge in [0.2, 0.25) is 0 Å². The van der Waals surface area contributed by atoms with Crippen molar-refractivity contribution in [2.75, 3.05) is 4.90 Å². The van der Waals surface area contributed by atoms with Crippen LogP contribution in [0.25, 0.3) is 6.08 Å². The molecule has 0 spiro atoms. The minimum Gasteiger partial charge on any atom is -0.268 e. The van der Waals surface area contributed by atoms with E-state index in [1.807, 2.05) is 31.2 Å². The van der Waals surface area contributed by atoms with E-state index in [2.05, 4.69) is 0 Å². The minimum atomic E-state index is -0.466. The molecule has 1 heterocycles. The van der Waals surface area contributed by atoms with Crippen LogP contribution in [0, 0.1) is 17.0 Å². The third-order valence-electron chi connectivity index (χ3n) is 3.51. The van der Waals surface area contributed by atoms with Gasteiger partial charge in [0, 0.05) is 6.07 Å². The topological polar surface area (TPSA) is 63.5 Å². The van der Waals surface area contributed by atoms with E-state index in [1.54, 1.807) is 18.2 Å². The summed E-state index contributed by atoms with van der Waals surface area (Å²) in [6, 6.07) is 13.8. The molecule has 0 N–H and O–H groups in total. The molecule has 0 bridgehead atoms. The molecular weight excluding hydrogens is 344 g/mol. The fraction of sp³-hybridized carbons (Fsp3) is 0.0588. The lowest BCUT2D eigenvalue weighted by atomic mass is 10.1. The molecule has 3 rings (SSSR count). The summed E-state index contributed by atoms with van der Waals surface area (Å²) in [7, 11) is 0. The summed E-state index contributed by atoms with van der Waals surface area (Å²) in [6.45, 7) is 1.96. The second-order valence-electron chi connectivity index (χ2n) is 5.17. The van der Waals surface area contributed by atoms with E-state index in [9.17, 15) is 14.9 Å². The highest BCUT2D eigenvalue weighted by Crippen LogP contribution is 2.37. The maximum absolute atomic E-state index is 12.7. The molecular formula is C17H12N2O3S2. The molecule has 7 heteroatoms. The van der Waals surface area contributed by atoms with E-state index in [0.29, 0.717) is 20.5 Å². The van der Waals surface area contributed by atoms with Gasteiger partial charge in [0.05, 0.1) is 21.1 Å². The van der Waals surface area contributed by atoms with Gasteiger partial charge in [-0.15, -0.1) is 0 Å². The fourth-order valence-electron chi connectivity index (χ4n) is 2.30. The summed E-state index contributed by atoms with van der Waals surface area (Å²) in [5.74, 6) is -0.271. The number of para-hydroxylation sites is 1. The molecule has 1 fully saturated rings. The van der Waals surface area contributed by atoms with E-state index in [0.717, 1.165) is 17.3 Å². The summed E-state index contributed by atoms with van der Waals surface area (Å²) < 4.78 is 0.411. The first kappa shape index (κ1) is 16.4. The van der Waals surface area contributed by atoms with Crippen LogP contribution in [-0.4, -0.2) is 15.2 Å². The van der Waals surface area contributed by atoms with Crippen LogP contribution < -0.4 is 4.90 Å². The van der Waals surface area contributed by atoms with Gasteiger partial charge in [-0.25, -0.2) is 0 Å². The third-order valence-corrected chi connectivity index (χ3v) is 4.81. The Morgan fingerprint density at radius 1 is 1.17 bits per heavy atom. The molecule has 0 saturated carbocycles. The van der Waals surface area contributed by atoms with Crippen LogP contribution in [0.2, 0.25) is 0 Å². The number of thioether (sulfide) groups is 1. The predicted octanol–water partition coefficient (Wildman–Crippen LogP) is 4.31. The largest absolute Gasteiger partial charge is 0.276 e. The van der Waals surface area contributed by atoms with Crippen LogP contribution in [0.5, 0.6) is 0 Å². The van der Waals surface area contributed by atoms with Crippen LogP contribution in [0.15, 0.2) is 53.4 Å². The number of anilines is 1. The molecule has 1 aliphatic heterocycles. The number of nitro benzene ring substituents is 1. The Bertz CT molecular complexity index is 876. The average Bonchev–Trinajstić information content (AvgIpc) is 2.83. The summed E-state index contributed by atoms with van der Waals surface area (Å²) in [5, 5.41) is 11.1. The minimum absolute atomic E-state index is 0.0434. The number of aryl methyl sites for hydroxylation is 1. The highest BCUT2D eigenvalue weighted by molar-refractivity contribution is 8.27. The molecule has 0 radical (unpaired) electrons. The Morgan fingerprint density at radius 3 is 2.50 bits per heavy atom. The number of rotatable bonds is 3. The molecule has 1 aliphatic rings. The monoisotopic (exact) mass is 356 g/mol. The van der Waals surface area contributed by atoms with Crippen molar-refractivity contribution in [3.8, 4) is 0 Å². The van der Waals surface area contributed by atoms with Crippen molar-refractivity contribution in [3.63, 3.8) is 0 Å². The van der Waals surface area contributed by atoms with Gasteiger partial charge in [-0.3, -0.25) is 19.8 Å². The van der Waals surface area contributed by atoms with Crippen molar-refractivity contribution in [1.82, 2.24) is 0 Å². The highest BCUT2D eigenvalue weighted by atomic mass is 32.2. The number of amides is 1. The maximum atomic E-state index is 12.7. The number of carbonyl (C=O) groups is 1. The van der Waals surface area contributed by atoms with E-state index >= 15 is 0 Å². The van der Waals surface area contributed by atoms with E-state index in [4.69, 9.17) is 12.2 Å². The second kappa shape index (κ2) is 6.54. The van der Waals surface area contributed by atoms with Crippen molar-refractivity contribution in [3.05, 3.63) is 74.7 Å². The lowest BCUT2D eigenvalue weighted by Crippen LogP contribution is -2.27. The molecule has 5 nitrogen and oxygen atoms in total. The Hall–Kier alpha value is -2.51. The van der Waals surface area contributed by atoms with Gasteiger partial charge in [0.15, 0.2) is 4.32 Å². The van der Waals surface area contributed by atoms with Crippen molar-refractivity contribution < 1.29 is 9.72 Å². The second-order valence-corrected chi connectivity index (χ2v) is 6.84. The van der Waals surface area contributed by atoms with Crippen LogP contribution in [0.3, 0.4) is 0 Å². The molecule has 24 heavy (non-hydrogen) atoms. The normalized spacial score (nSPS) is 16.0. The Labute approximate surface area is 148 Å². The van der Waals surface area contributed by atoms with E-state index in [1.165, 1.54) is 17.0 Å². The first-order valence-electron chi connectivity index (χ1n) is 7.05. The first-order chi connectivity index (χ1) is 11.5. The van der Waals surface area contributed by atoms with Gasteiger partial charge in [-0.05, 0) is 31.2 Å². The molecule has 0 unspecified atom stereocenters. The van der Waals surface area contributed by atoms with E-state index < -0.39 is 4.92 Å². The maximum Gasteiger partial charge on any atom is 0.276 e. The Morgan fingerprint density at radius 2 is 1.83 bits per heavy atom. The zero-order valence-corrected chi connectivity index (χ0v) is 14.3. The number of nitro groups is 1. The molecule has 0 atom stereocenters. The lowest BCUT2D eigenvalue weighted by molar-refractivity contribution is -0.385. The van der Waals surface area contributed by atoms with Gasteiger partial charge in [-0.2, -0.15) is 0 Å². The summed E-state index contributed by atoms with van der Waals surface area (Å²) >= 11 is 6.45. The fourth-order valence-corrected chi connectivity index (χ4v) is 3.59. The van der Waals surface area contributed by atoms with Crippen molar-refractivity contribution in [1.29, 1.82) is 0 Å². The van der Waals surface area contributed by atoms with Gasteiger partial charge in [-0.1, -0.05) is 53.8 Å². The van der Waals surface area contributed by atoms with Crippen molar-refractivity contribution >= 4 is 51.7 Å². The summed E-state index contributed by atoms with van der Waals surface area (Å²) in [6.07, 6.45) is 1.52. The number of hydrogen-bond acceptors (Lipinski definition) is 5. The number of nitrogens with zero attached hydrogens (tertiary/aromatic N) is 2. The first-order valence-corrected chi connectivity index (χ1v) is 8.28. The zero-order valence-electron chi connectivity index (χ0n) is 12.6. The number of hydrogen-bond donors (Lipinski definition) is 0. The average molecular weight is 356 g/mol. The van der Waals surface area contributed by atoms with Crippen LogP contribution >= 0.6 is 24.0 Å². The third kappa shape index (κ3) is 3.08. The quantitative estimate of drug-likeness (QED) is 0.355. The molecule has 1 amide bonds. The lowest BCUT2D eigenvalue weighted by Gasteiger charge is -2.14. The Balaban J connectivity index is 1.97. The molecule has 2 aromatic rings. The highest BCUT2D eigenvalue weighted by Gasteiger charge is 2.33. The molecule has 120 valence electrons. The van der Waals surface area contributed by atoms with E-state index in [-0.39, 0.29) is 11.6 Å². The molecule has 1 saturated heterocycles. The van der Waals surface area contributed by atoms with Crippen LogP contribution in [0.1, 0.15) is 11.1 Å². The number of benzene rings is 2. The molecule has 0 aromatic heterocycles. The standard InChI is InChI=1S/C17H12N2O3S2/c1-11-6-8-13(9-7-11)18-16(20)15(24-17(18)23)10-12-4-2-3-5-14(12)19(21)22/h2-10H,1H3/b15-10-.